The van der Waals surface area contributed by atoms with E-state index in [1.165, 1.54) is 55.2 Å². The predicted octanol–water partition coefficient (Wildman–Crippen LogP) is 4.90. The van der Waals surface area contributed by atoms with Gasteiger partial charge in [0.25, 0.3) is 0 Å². The predicted molar refractivity (Wildman–Crippen MR) is 98.3 cm³/mol. The average Bonchev–Trinajstić information content (AvgIpc) is 2.53. The molecule has 0 spiro atoms. The molecular weight excluding hydrogens is 282 g/mol. The van der Waals surface area contributed by atoms with Crippen molar-refractivity contribution in [3.8, 4) is 5.75 Å². The van der Waals surface area contributed by atoms with Crippen LogP contribution < -0.4 is 4.74 Å². The van der Waals surface area contributed by atoms with Crippen molar-refractivity contribution in [3.63, 3.8) is 0 Å². The van der Waals surface area contributed by atoms with Gasteiger partial charge in [-0.15, -0.1) is 0 Å². The zero-order valence-corrected chi connectivity index (χ0v) is 14.8. The number of methoxy groups -OCH3 is 1. The number of rotatable bonds is 5. The van der Waals surface area contributed by atoms with Crippen molar-refractivity contribution in [1.82, 2.24) is 4.90 Å². The molecule has 0 unspecified atom stereocenters. The second-order valence-electron chi connectivity index (χ2n) is 7.62. The molecule has 2 heteroatoms. The largest absolute Gasteiger partial charge is 0.496 e. The van der Waals surface area contributed by atoms with E-state index in [1.807, 2.05) is 6.07 Å². The highest BCUT2D eigenvalue weighted by atomic mass is 16.5. The first-order valence-electron chi connectivity index (χ1n) is 8.86. The van der Waals surface area contributed by atoms with Gasteiger partial charge < -0.3 is 9.64 Å². The highest BCUT2D eigenvalue weighted by Crippen LogP contribution is 2.30. The molecule has 0 bridgehead atoms. The first-order valence-corrected chi connectivity index (χ1v) is 8.86. The van der Waals surface area contributed by atoms with Crippen LogP contribution in [0.2, 0.25) is 0 Å². The Labute approximate surface area is 140 Å². The molecule has 0 aliphatic carbocycles. The molecule has 0 aromatic heterocycles. The lowest BCUT2D eigenvalue weighted by atomic mass is 9.84. The molecule has 0 atom stereocenters. The molecule has 2 aromatic carbocycles. The van der Waals surface area contributed by atoms with Gasteiger partial charge in [0.05, 0.1) is 7.11 Å². The number of hydrogen-bond donors (Lipinski definition) is 0. The minimum Gasteiger partial charge on any atom is -0.496 e. The number of likely N-dealkylation sites (tertiary alicyclic amines) is 1. The summed E-state index contributed by atoms with van der Waals surface area (Å²) in [5.41, 5.74) is 1.93. The quantitative estimate of drug-likeness (QED) is 0.778. The molecular formula is C21H29NO. The van der Waals surface area contributed by atoms with E-state index in [-0.39, 0.29) is 0 Å². The minimum absolute atomic E-state index is 0.491. The zero-order valence-electron chi connectivity index (χ0n) is 14.8. The Hall–Kier alpha value is -1.54. The number of benzene rings is 2. The molecule has 1 aliphatic heterocycles. The fourth-order valence-electron chi connectivity index (χ4n) is 3.97. The standard InChI is InChI=1S/C21H29NO/c1-21(2)13-7-15-22(16-21)14-6-9-17-8-4-11-19-18(17)10-5-12-20(19)23-3/h4-5,8,10-12H,6-7,9,13-16H2,1-3H3. The van der Waals surface area contributed by atoms with Gasteiger partial charge in [-0.3, -0.25) is 0 Å². The minimum atomic E-state index is 0.491. The molecule has 2 aromatic rings. The van der Waals surface area contributed by atoms with Crippen molar-refractivity contribution in [1.29, 1.82) is 0 Å². The Kier molecular flexibility index (Phi) is 4.91. The zero-order chi connectivity index (χ0) is 16.3. The summed E-state index contributed by atoms with van der Waals surface area (Å²) in [5.74, 6) is 0.974. The van der Waals surface area contributed by atoms with E-state index in [1.54, 1.807) is 7.11 Å². The molecule has 23 heavy (non-hydrogen) atoms. The first kappa shape index (κ1) is 16.3. The molecule has 1 aliphatic rings. The van der Waals surface area contributed by atoms with Crippen molar-refractivity contribution in [3.05, 3.63) is 42.0 Å². The van der Waals surface area contributed by atoms with Crippen LogP contribution in [-0.2, 0) is 6.42 Å². The highest BCUT2D eigenvalue weighted by Gasteiger charge is 2.25. The van der Waals surface area contributed by atoms with Crippen LogP contribution in [0, 0.1) is 5.41 Å². The summed E-state index contributed by atoms with van der Waals surface area (Å²) in [6, 6.07) is 12.9. The number of fused-ring (bicyclic) bond motifs is 1. The van der Waals surface area contributed by atoms with Gasteiger partial charge in [0.15, 0.2) is 0 Å². The molecule has 1 heterocycles. The Morgan fingerprint density at radius 1 is 1.09 bits per heavy atom. The van der Waals surface area contributed by atoms with Crippen LogP contribution in [0.25, 0.3) is 10.8 Å². The van der Waals surface area contributed by atoms with E-state index in [9.17, 15) is 0 Å². The van der Waals surface area contributed by atoms with Gasteiger partial charge in [-0.25, -0.2) is 0 Å². The topological polar surface area (TPSA) is 12.5 Å². The van der Waals surface area contributed by atoms with E-state index in [2.05, 4.69) is 49.1 Å². The molecule has 0 radical (unpaired) electrons. The number of piperidine rings is 1. The van der Waals surface area contributed by atoms with Crippen molar-refractivity contribution in [2.45, 2.75) is 39.5 Å². The third-order valence-corrected chi connectivity index (χ3v) is 5.09. The van der Waals surface area contributed by atoms with Gasteiger partial charge in [0, 0.05) is 11.9 Å². The van der Waals surface area contributed by atoms with E-state index in [0.29, 0.717) is 5.41 Å². The van der Waals surface area contributed by atoms with Crippen LogP contribution >= 0.6 is 0 Å². The smallest absolute Gasteiger partial charge is 0.126 e. The van der Waals surface area contributed by atoms with Gasteiger partial charge in [0.1, 0.15) is 5.75 Å². The SMILES string of the molecule is COc1cccc2c(CCCN3CCCC(C)(C)C3)cccc12. The van der Waals surface area contributed by atoms with Gasteiger partial charge in [0.2, 0.25) is 0 Å². The molecule has 3 rings (SSSR count). The number of hydrogen-bond acceptors (Lipinski definition) is 2. The summed E-state index contributed by atoms with van der Waals surface area (Å²) in [5, 5.41) is 2.57. The fraction of sp³-hybridized carbons (Fsp3) is 0.524. The summed E-state index contributed by atoms with van der Waals surface area (Å²) in [7, 11) is 1.75. The third-order valence-electron chi connectivity index (χ3n) is 5.09. The normalized spacial score (nSPS) is 18.2. The second-order valence-corrected chi connectivity index (χ2v) is 7.62. The van der Waals surface area contributed by atoms with Gasteiger partial charge >= 0.3 is 0 Å². The van der Waals surface area contributed by atoms with E-state index in [0.717, 1.165) is 12.2 Å². The van der Waals surface area contributed by atoms with Crippen LogP contribution in [-0.4, -0.2) is 31.6 Å². The summed E-state index contributed by atoms with van der Waals surface area (Å²) in [4.78, 5) is 2.65. The number of nitrogens with zero attached hydrogens (tertiary/aromatic N) is 1. The van der Waals surface area contributed by atoms with Crippen LogP contribution in [0.1, 0.15) is 38.7 Å². The monoisotopic (exact) mass is 311 g/mol. The lowest BCUT2D eigenvalue weighted by molar-refractivity contribution is 0.117. The summed E-state index contributed by atoms with van der Waals surface area (Å²) >= 11 is 0. The molecule has 1 fully saturated rings. The summed E-state index contributed by atoms with van der Waals surface area (Å²) < 4.78 is 5.50. The molecule has 124 valence electrons. The maximum Gasteiger partial charge on any atom is 0.126 e. The lowest BCUT2D eigenvalue weighted by Crippen LogP contribution is -2.40. The average molecular weight is 311 g/mol. The Morgan fingerprint density at radius 3 is 2.65 bits per heavy atom. The maximum atomic E-state index is 5.50. The first-order chi connectivity index (χ1) is 11.1. The van der Waals surface area contributed by atoms with Crippen molar-refractivity contribution >= 4 is 10.8 Å². The van der Waals surface area contributed by atoms with Crippen LogP contribution in [0.3, 0.4) is 0 Å². The maximum absolute atomic E-state index is 5.50. The van der Waals surface area contributed by atoms with Crippen molar-refractivity contribution in [2.75, 3.05) is 26.7 Å². The van der Waals surface area contributed by atoms with E-state index in [4.69, 9.17) is 4.74 Å². The fourth-order valence-corrected chi connectivity index (χ4v) is 3.97. The van der Waals surface area contributed by atoms with Crippen LogP contribution in [0.4, 0.5) is 0 Å². The van der Waals surface area contributed by atoms with Gasteiger partial charge in [-0.2, -0.15) is 0 Å². The number of ether oxygens (including phenoxy) is 1. The Morgan fingerprint density at radius 2 is 1.87 bits per heavy atom. The van der Waals surface area contributed by atoms with Crippen LogP contribution in [0.15, 0.2) is 36.4 Å². The summed E-state index contributed by atoms with van der Waals surface area (Å²) in [6.45, 7) is 8.53. The number of aryl methyl sites for hydroxylation is 1. The third kappa shape index (κ3) is 3.87. The Bertz CT molecular complexity index is 662. The van der Waals surface area contributed by atoms with E-state index >= 15 is 0 Å². The molecule has 0 amide bonds. The Balaban J connectivity index is 1.66. The molecule has 0 N–H and O–H groups in total. The lowest BCUT2D eigenvalue weighted by Gasteiger charge is -2.38. The van der Waals surface area contributed by atoms with Crippen LogP contribution in [0.5, 0.6) is 5.75 Å². The molecule has 0 saturated carbocycles. The van der Waals surface area contributed by atoms with E-state index < -0.39 is 0 Å². The molecule has 1 saturated heterocycles. The summed E-state index contributed by atoms with van der Waals surface area (Å²) in [6.07, 6.45) is 5.08. The molecule has 2 nitrogen and oxygen atoms in total. The highest BCUT2D eigenvalue weighted by molar-refractivity contribution is 5.90. The van der Waals surface area contributed by atoms with Crippen molar-refractivity contribution < 1.29 is 4.74 Å². The van der Waals surface area contributed by atoms with Gasteiger partial charge in [-0.1, -0.05) is 44.2 Å². The van der Waals surface area contributed by atoms with Crippen molar-refractivity contribution in [2.24, 2.45) is 5.41 Å². The van der Waals surface area contributed by atoms with Gasteiger partial charge in [-0.05, 0) is 61.2 Å². The second kappa shape index (κ2) is 6.92.